The first-order valence-electron chi connectivity index (χ1n) is 4.87. The van der Waals surface area contributed by atoms with Gasteiger partial charge in [-0.3, -0.25) is 0 Å². The van der Waals surface area contributed by atoms with E-state index in [0.29, 0.717) is 17.1 Å². The maximum Gasteiger partial charge on any atom is 0.208 e. The van der Waals surface area contributed by atoms with Gasteiger partial charge in [-0.25, -0.2) is 0 Å². The van der Waals surface area contributed by atoms with Gasteiger partial charge in [0.15, 0.2) is 11.5 Å². The zero-order valence-corrected chi connectivity index (χ0v) is 10.4. The highest BCUT2D eigenvalue weighted by atomic mass is 16.5. The van der Waals surface area contributed by atoms with Crippen molar-refractivity contribution in [2.45, 2.75) is 0 Å². The summed E-state index contributed by atoms with van der Waals surface area (Å²) in [5.41, 5.74) is 0.557. The number of phenols is 1. The predicted octanol–water partition coefficient (Wildman–Crippen LogP) is 2.07. The van der Waals surface area contributed by atoms with Crippen LogP contribution in [0, 0.1) is 0 Å². The van der Waals surface area contributed by atoms with Gasteiger partial charge >= 0.3 is 0 Å². The molecule has 5 heteroatoms. The largest absolute Gasteiger partial charge is 0.501 e. The lowest BCUT2D eigenvalue weighted by Crippen LogP contribution is -2.00. The maximum atomic E-state index is 9.99. The van der Waals surface area contributed by atoms with Crippen LogP contribution in [0.15, 0.2) is 6.58 Å². The Bertz CT molecular complexity index is 392. The van der Waals surface area contributed by atoms with Crippen LogP contribution in [0.1, 0.15) is 5.56 Å². The highest BCUT2D eigenvalue weighted by Gasteiger charge is 2.25. The van der Waals surface area contributed by atoms with Gasteiger partial charge in [0.1, 0.15) is 0 Å². The van der Waals surface area contributed by atoms with Crippen LogP contribution in [-0.2, 0) is 0 Å². The Morgan fingerprint density at radius 3 is 1.41 bits per heavy atom. The van der Waals surface area contributed by atoms with Gasteiger partial charge in [0, 0.05) is 0 Å². The summed E-state index contributed by atoms with van der Waals surface area (Å²) in [6, 6.07) is 0. The molecule has 0 fully saturated rings. The fourth-order valence-electron chi connectivity index (χ4n) is 1.64. The van der Waals surface area contributed by atoms with E-state index >= 15 is 0 Å². The van der Waals surface area contributed by atoms with Crippen LogP contribution in [-0.4, -0.2) is 33.5 Å². The van der Waals surface area contributed by atoms with E-state index in [1.54, 1.807) is 6.08 Å². The average Bonchev–Trinajstić information content (AvgIpc) is 2.36. The fourth-order valence-corrected chi connectivity index (χ4v) is 1.64. The van der Waals surface area contributed by atoms with Crippen LogP contribution in [0.5, 0.6) is 28.7 Å². The quantitative estimate of drug-likeness (QED) is 0.853. The Morgan fingerprint density at radius 1 is 0.824 bits per heavy atom. The standard InChI is InChI=1S/C12H16O5/c1-6-7-9(14-2)11(16-4)8(13)12(17-5)10(7)15-3/h6,13H,1H2,2-5H3. The van der Waals surface area contributed by atoms with Crippen LogP contribution in [0.2, 0.25) is 0 Å². The van der Waals surface area contributed by atoms with Crippen molar-refractivity contribution in [3.05, 3.63) is 12.1 Å². The first-order valence-corrected chi connectivity index (χ1v) is 4.87. The van der Waals surface area contributed by atoms with Gasteiger partial charge in [-0.15, -0.1) is 0 Å². The second kappa shape index (κ2) is 5.34. The average molecular weight is 240 g/mol. The van der Waals surface area contributed by atoms with Gasteiger partial charge < -0.3 is 24.1 Å². The molecule has 1 rings (SSSR count). The predicted molar refractivity (Wildman–Crippen MR) is 64.4 cm³/mol. The number of ether oxygens (including phenoxy) is 4. The molecule has 0 saturated heterocycles. The lowest BCUT2D eigenvalue weighted by atomic mass is 10.1. The molecule has 0 atom stereocenters. The summed E-state index contributed by atoms with van der Waals surface area (Å²) in [5, 5.41) is 9.99. The second-order valence-electron chi connectivity index (χ2n) is 3.10. The van der Waals surface area contributed by atoms with E-state index in [-0.39, 0.29) is 17.2 Å². The molecule has 1 aromatic carbocycles. The number of phenolic OH excluding ortho intramolecular Hbond substituents is 1. The Labute approximate surface area is 100 Å². The molecule has 0 aromatic heterocycles. The summed E-state index contributed by atoms with van der Waals surface area (Å²) in [4.78, 5) is 0. The van der Waals surface area contributed by atoms with Crippen LogP contribution in [0.3, 0.4) is 0 Å². The molecule has 0 aliphatic rings. The van der Waals surface area contributed by atoms with Gasteiger partial charge in [-0.2, -0.15) is 0 Å². The second-order valence-corrected chi connectivity index (χ2v) is 3.10. The number of hydrogen-bond donors (Lipinski definition) is 1. The molecule has 94 valence electrons. The molecule has 0 heterocycles. The molecule has 0 aliphatic heterocycles. The molecule has 17 heavy (non-hydrogen) atoms. The van der Waals surface area contributed by atoms with Crippen molar-refractivity contribution < 1.29 is 24.1 Å². The summed E-state index contributed by atoms with van der Waals surface area (Å²) in [5.74, 6) is 0.879. The number of hydrogen-bond acceptors (Lipinski definition) is 5. The van der Waals surface area contributed by atoms with Crippen LogP contribution < -0.4 is 18.9 Å². The maximum absolute atomic E-state index is 9.99. The Morgan fingerprint density at radius 2 is 1.18 bits per heavy atom. The summed E-state index contributed by atoms with van der Waals surface area (Å²) in [6.07, 6.45) is 1.54. The minimum atomic E-state index is -0.172. The van der Waals surface area contributed by atoms with Crippen molar-refractivity contribution >= 4 is 6.08 Å². The first kappa shape index (κ1) is 13.0. The van der Waals surface area contributed by atoms with E-state index < -0.39 is 0 Å². The third-order valence-corrected chi connectivity index (χ3v) is 2.35. The number of methoxy groups -OCH3 is 4. The highest BCUT2D eigenvalue weighted by Crippen LogP contribution is 2.52. The molecule has 1 N–H and O–H groups in total. The minimum Gasteiger partial charge on any atom is -0.501 e. The molecule has 0 saturated carbocycles. The van der Waals surface area contributed by atoms with Crippen molar-refractivity contribution in [1.29, 1.82) is 0 Å². The summed E-state index contributed by atoms with van der Waals surface area (Å²) < 4.78 is 20.6. The normalized spacial score (nSPS) is 9.65. The minimum absolute atomic E-state index is 0.172. The van der Waals surface area contributed by atoms with E-state index in [1.165, 1.54) is 28.4 Å². The third kappa shape index (κ3) is 1.95. The van der Waals surface area contributed by atoms with Crippen molar-refractivity contribution in [2.24, 2.45) is 0 Å². The van der Waals surface area contributed by atoms with Crippen molar-refractivity contribution in [1.82, 2.24) is 0 Å². The highest BCUT2D eigenvalue weighted by molar-refractivity contribution is 5.77. The SMILES string of the molecule is C=Cc1c(OC)c(OC)c(O)c(OC)c1OC. The van der Waals surface area contributed by atoms with Crippen LogP contribution in [0.4, 0.5) is 0 Å². The van der Waals surface area contributed by atoms with Gasteiger partial charge in [0.25, 0.3) is 0 Å². The Hall–Kier alpha value is -2.04. The zero-order valence-electron chi connectivity index (χ0n) is 10.4. The number of benzene rings is 1. The smallest absolute Gasteiger partial charge is 0.208 e. The Balaban J connectivity index is 3.72. The van der Waals surface area contributed by atoms with E-state index in [4.69, 9.17) is 18.9 Å². The number of aromatic hydroxyl groups is 1. The molecule has 0 radical (unpaired) electrons. The van der Waals surface area contributed by atoms with Crippen molar-refractivity contribution in [2.75, 3.05) is 28.4 Å². The van der Waals surface area contributed by atoms with Gasteiger partial charge in [-0.1, -0.05) is 12.7 Å². The van der Waals surface area contributed by atoms with Gasteiger partial charge in [0.05, 0.1) is 34.0 Å². The first-order chi connectivity index (χ1) is 8.15. The van der Waals surface area contributed by atoms with Gasteiger partial charge in [0.2, 0.25) is 17.2 Å². The third-order valence-electron chi connectivity index (χ3n) is 2.35. The molecule has 0 unspecified atom stereocenters. The van der Waals surface area contributed by atoms with Crippen molar-refractivity contribution in [3.63, 3.8) is 0 Å². The van der Waals surface area contributed by atoms with E-state index in [1.807, 2.05) is 0 Å². The lowest BCUT2D eigenvalue weighted by molar-refractivity contribution is 0.298. The fraction of sp³-hybridized carbons (Fsp3) is 0.333. The summed E-state index contributed by atoms with van der Waals surface area (Å²) in [7, 11) is 5.79. The van der Waals surface area contributed by atoms with Gasteiger partial charge in [-0.05, 0) is 0 Å². The Kier molecular flexibility index (Phi) is 4.09. The summed E-state index contributed by atoms with van der Waals surface area (Å²) >= 11 is 0. The van der Waals surface area contributed by atoms with Crippen LogP contribution >= 0.6 is 0 Å². The monoisotopic (exact) mass is 240 g/mol. The van der Waals surface area contributed by atoms with E-state index in [0.717, 1.165) is 0 Å². The molecule has 0 aliphatic carbocycles. The van der Waals surface area contributed by atoms with E-state index in [2.05, 4.69) is 6.58 Å². The molecule has 0 spiro atoms. The molecular weight excluding hydrogens is 224 g/mol. The molecular formula is C12H16O5. The lowest BCUT2D eigenvalue weighted by Gasteiger charge is -2.18. The van der Waals surface area contributed by atoms with Crippen molar-refractivity contribution in [3.8, 4) is 28.7 Å². The summed E-state index contributed by atoms with van der Waals surface area (Å²) in [6.45, 7) is 3.68. The van der Waals surface area contributed by atoms with E-state index in [9.17, 15) is 5.11 Å². The molecule has 0 bridgehead atoms. The zero-order chi connectivity index (χ0) is 13.0. The topological polar surface area (TPSA) is 57.2 Å². The number of rotatable bonds is 5. The molecule has 1 aromatic rings. The molecule has 5 nitrogen and oxygen atoms in total. The molecule has 0 amide bonds. The van der Waals surface area contributed by atoms with Crippen LogP contribution in [0.25, 0.3) is 6.08 Å².